The molecule has 1 atom stereocenters. The molecule has 0 aliphatic carbocycles. The number of carbonyl (C=O) groups excluding carboxylic acids is 1. The summed E-state index contributed by atoms with van der Waals surface area (Å²) in [6.07, 6.45) is 0. The first-order valence-corrected chi connectivity index (χ1v) is 7.95. The molecular formula is C13H16BrNOS. The van der Waals surface area contributed by atoms with Crippen molar-refractivity contribution in [2.24, 2.45) is 0 Å². The van der Waals surface area contributed by atoms with Crippen LogP contribution in [0.25, 0.3) is 0 Å². The van der Waals surface area contributed by atoms with E-state index in [1.54, 1.807) is 11.8 Å². The second-order valence-corrected chi connectivity index (χ2v) is 5.86. The lowest BCUT2D eigenvalue weighted by Gasteiger charge is -2.23. The predicted molar refractivity (Wildman–Crippen MR) is 76.0 cm³/mol. The summed E-state index contributed by atoms with van der Waals surface area (Å²) in [6, 6.07) is 8.24. The number of carbonyl (C=O) groups is 1. The number of hydrogen-bond donors (Lipinski definition) is 0. The molecule has 1 heterocycles. The normalized spacial score (nSPS) is 17.9. The largest absolute Gasteiger partial charge is 0.342 e. The summed E-state index contributed by atoms with van der Waals surface area (Å²) in [5, 5.41) is 0.841. The Morgan fingerprint density at radius 1 is 1.53 bits per heavy atom. The van der Waals surface area contributed by atoms with Crippen LogP contribution in [0.2, 0.25) is 0 Å². The van der Waals surface area contributed by atoms with E-state index in [1.807, 2.05) is 24.0 Å². The van der Waals surface area contributed by atoms with Gasteiger partial charge in [-0.2, -0.15) is 0 Å². The Hall–Kier alpha value is -0.480. The predicted octanol–water partition coefficient (Wildman–Crippen LogP) is 3.12. The van der Waals surface area contributed by atoms with Crippen molar-refractivity contribution >= 4 is 33.6 Å². The van der Waals surface area contributed by atoms with E-state index in [0.29, 0.717) is 0 Å². The number of alkyl halides is 1. The Morgan fingerprint density at radius 2 is 2.29 bits per heavy atom. The third-order valence-corrected chi connectivity index (χ3v) is 4.58. The average Bonchev–Trinajstić information content (AvgIpc) is 2.79. The van der Waals surface area contributed by atoms with E-state index in [-0.39, 0.29) is 11.8 Å². The van der Waals surface area contributed by atoms with Gasteiger partial charge in [0.1, 0.15) is 0 Å². The smallest absolute Gasteiger partial charge is 0.231 e. The number of amides is 1. The second kappa shape index (κ2) is 5.91. The molecule has 1 unspecified atom stereocenters. The van der Waals surface area contributed by atoms with Crippen LogP contribution >= 0.6 is 27.7 Å². The highest BCUT2D eigenvalue weighted by molar-refractivity contribution is 9.09. The number of hydrogen-bond acceptors (Lipinski definition) is 2. The fourth-order valence-electron chi connectivity index (χ4n) is 2.11. The van der Waals surface area contributed by atoms with Gasteiger partial charge >= 0.3 is 0 Å². The molecule has 1 aliphatic heterocycles. The topological polar surface area (TPSA) is 20.3 Å². The molecule has 0 radical (unpaired) electrons. The van der Waals surface area contributed by atoms with Crippen molar-refractivity contribution in [2.75, 3.05) is 24.2 Å². The fraction of sp³-hybridized carbons (Fsp3) is 0.462. The number of likely N-dealkylation sites (N-methyl/N-ethyl adjacent to an activating group) is 1. The van der Waals surface area contributed by atoms with Gasteiger partial charge in [-0.15, -0.1) is 11.8 Å². The third kappa shape index (κ3) is 2.68. The van der Waals surface area contributed by atoms with Gasteiger partial charge in [0.25, 0.3) is 0 Å². The quantitative estimate of drug-likeness (QED) is 0.796. The lowest BCUT2D eigenvalue weighted by Crippen LogP contribution is -2.36. The van der Waals surface area contributed by atoms with E-state index in [9.17, 15) is 4.79 Å². The molecule has 0 fully saturated rings. The Bertz CT molecular complexity index is 410. The van der Waals surface area contributed by atoms with Crippen molar-refractivity contribution in [2.45, 2.75) is 17.7 Å². The van der Waals surface area contributed by atoms with E-state index in [1.165, 1.54) is 10.5 Å². The van der Waals surface area contributed by atoms with Crippen molar-refractivity contribution in [1.82, 2.24) is 4.90 Å². The molecule has 4 heteroatoms. The van der Waals surface area contributed by atoms with E-state index >= 15 is 0 Å². The highest BCUT2D eigenvalue weighted by Crippen LogP contribution is 2.40. The first kappa shape index (κ1) is 13.0. The molecule has 0 saturated carbocycles. The van der Waals surface area contributed by atoms with Crippen LogP contribution in [0, 0.1) is 0 Å². The van der Waals surface area contributed by atoms with Crippen LogP contribution in [0.15, 0.2) is 29.2 Å². The molecule has 0 spiro atoms. The number of thioether (sulfide) groups is 1. The van der Waals surface area contributed by atoms with Crippen molar-refractivity contribution < 1.29 is 4.79 Å². The van der Waals surface area contributed by atoms with Crippen molar-refractivity contribution in [3.63, 3.8) is 0 Å². The van der Waals surface area contributed by atoms with Gasteiger partial charge in [-0.05, 0) is 18.6 Å². The molecule has 0 aromatic heterocycles. The van der Waals surface area contributed by atoms with Crippen LogP contribution in [0.1, 0.15) is 18.4 Å². The number of halogens is 1. The summed E-state index contributed by atoms with van der Waals surface area (Å²) >= 11 is 5.19. The summed E-state index contributed by atoms with van der Waals surface area (Å²) in [5.41, 5.74) is 1.20. The zero-order chi connectivity index (χ0) is 12.3. The van der Waals surface area contributed by atoms with E-state index in [4.69, 9.17) is 0 Å². The minimum Gasteiger partial charge on any atom is -0.342 e. The van der Waals surface area contributed by atoms with Crippen molar-refractivity contribution in [3.8, 4) is 0 Å². The Morgan fingerprint density at radius 3 is 3.00 bits per heavy atom. The summed E-state index contributed by atoms with van der Waals surface area (Å²) in [6.45, 7) is 3.61. The molecule has 1 aromatic rings. The number of rotatable bonds is 4. The third-order valence-electron chi connectivity index (χ3n) is 3.05. The first-order valence-electron chi connectivity index (χ1n) is 5.84. The van der Waals surface area contributed by atoms with Crippen molar-refractivity contribution in [3.05, 3.63) is 29.8 Å². The van der Waals surface area contributed by atoms with Crippen LogP contribution in [0.4, 0.5) is 0 Å². The molecule has 2 rings (SSSR count). The molecule has 1 aromatic carbocycles. The van der Waals surface area contributed by atoms with Gasteiger partial charge in [0.05, 0.1) is 5.92 Å². The highest BCUT2D eigenvalue weighted by Gasteiger charge is 2.31. The Kier molecular flexibility index (Phi) is 4.51. The van der Waals surface area contributed by atoms with E-state index in [2.05, 4.69) is 28.1 Å². The summed E-state index contributed by atoms with van der Waals surface area (Å²) in [5.74, 6) is 1.20. The SMILES string of the molecule is CCN(CCBr)C(=O)C1CSc2ccccc21. The van der Waals surface area contributed by atoms with Crippen LogP contribution in [-0.2, 0) is 4.79 Å². The zero-order valence-electron chi connectivity index (χ0n) is 9.86. The monoisotopic (exact) mass is 313 g/mol. The number of fused-ring (bicyclic) bond motifs is 1. The van der Waals surface area contributed by atoms with Crippen LogP contribution < -0.4 is 0 Å². The standard InChI is InChI=1S/C13H16BrNOS/c1-2-15(8-7-14)13(16)11-9-17-12-6-4-3-5-10(11)12/h3-6,11H,2,7-9H2,1H3. The molecule has 0 N–H and O–H groups in total. The Labute approximate surface area is 115 Å². The minimum absolute atomic E-state index is 0.0511. The van der Waals surface area contributed by atoms with Crippen LogP contribution in [-0.4, -0.2) is 35.0 Å². The maximum Gasteiger partial charge on any atom is 0.231 e. The Balaban J connectivity index is 2.16. The fourth-order valence-corrected chi connectivity index (χ4v) is 3.76. The molecule has 92 valence electrons. The van der Waals surface area contributed by atoms with Crippen LogP contribution in [0.5, 0.6) is 0 Å². The molecule has 0 bridgehead atoms. The molecule has 0 saturated heterocycles. The maximum atomic E-state index is 12.4. The van der Waals surface area contributed by atoms with Gasteiger partial charge in [-0.25, -0.2) is 0 Å². The van der Waals surface area contributed by atoms with Crippen LogP contribution in [0.3, 0.4) is 0 Å². The summed E-state index contributed by atoms with van der Waals surface area (Å²) in [7, 11) is 0. The minimum atomic E-state index is 0.0511. The van der Waals surface area contributed by atoms with E-state index in [0.717, 1.165) is 24.2 Å². The van der Waals surface area contributed by atoms with Gasteiger partial charge in [-0.1, -0.05) is 34.1 Å². The summed E-state index contributed by atoms with van der Waals surface area (Å²) in [4.78, 5) is 15.6. The van der Waals surface area contributed by atoms with Crippen molar-refractivity contribution in [1.29, 1.82) is 0 Å². The molecule has 2 nitrogen and oxygen atoms in total. The first-order chi connectivity index (χ1) is 8.27. The number of nitrogens with zero attached hydrogens (tertiary/aromatic N) is 1. The lowest BCUT2D eigenvalue weighted by atomic mass is 10.00. The second-order valence-electron chi connectivity index (χ2n) is 4.01. The summed E-state index contributed by atoms with van der Waals surface area (Å²) < 4.78 is 0. The van der Waals surface area contributed by atoms with Gasteiger partial charge in [-0.3, -0.25) is 4.79 Å². The molecule has 1 aliphatic rings. The molecule has 17 heavy (non-hydrogen) atoms. The highest BCUT2D eigenvalue weighted by atomic mass is 79.9. The van der Waals surface area contributed by atoms with E-state index < -0.39 is 0 Å². The lowest BCUT2D eigenvalue weighted by molar-refractivity contribution is -0.131. The number of benzene rings is 1. The molecular weight excluding hydrogens is 298 g/mol. The molecule has 1 amide bonds. The zero-order valence-corrected chi connectivity index (χ0v) is 12.3. The van der Waals surface area contributed by atoms with Gasteiger partial charge < -0.3 is 4.90 Å². The van der Waals surface area contributed by atoms with Gasteiger partial charge in [0.2, 0.25) is 5.91 Å². The van der Waals surface area contributed by atoms with Gasteiger partial charge in [0, 0.05) is 29.1 Å². The van der Waals surface area contributed by atoms with Gasteiger partial charge in [0.15, 0.2) is 0 Å². The average molecular weight is 314 g/mol. The maximum absolute atomic E-state index is 12.4.